The van der Waals surface area contributed by atoms with E-state index in [4.69, 9.17) is 0 Å². The highest BCUT2D eigenvalue weighted by molar-refractivity contribution is 5.45. The average molecular weight is 360 g/mol. The standard InChI is InChI=1S/C27H35/c1-2-22(24-13-16-4-7-19(24)10-16)27(26-15-18-6-9-21(26)12-18)23(3-1)25-14-17-5-8-20(25)11-17/h1-2,16-21,24-26H,4-15H2. The molecule has 6 aliphatic carbocycles. The van der Waals surface area contributed by atoms with Gasteiger partial charge >= 0.3 is 0 Å². The summed E-state index contributed by atoms with van der Waals surface area (Å²) >= 11 is 0. The fourth-order valence-electron chi connectivity index (χ4n) is 9.41. The lowest BCUT2D eigenvalue weighted by atomic mass is 9.70. The van der Waals surface area contributed by atoms with Crippen molar-refractivity contribution >= 4 is 0 Å². The van der Waals surface area contributed by atoms with Gasteiger partial charge in [-0.25, -0.2) is 0 Å². The SMILES string of the molecule is [c]1ccc(C2CC3CCC2C3)c(C2CC3CCC2C3)c1C1CC2CCC1C2. The number of hydrogen-bond acceptors (Lipinski definition) is 0. The molecule has 0 heterocycles. The fraction of sp³-hybridized carbons (Fsp3) is 0.778. The van der Waals surface area contributed by atoms with Gasteiger partial charge in [0, 0.05) is 0 Å². The first kappa shape index (κ1) is 16.1. The molecule has 6 fully saturated rings. The maximum atomic E-state index is 3.91. The summed E-state index contributed by atoms with van der Waals surface area (Å²) in [5.41, 5.74) is 5.50. The quantitative estimate of drug-likeness (QED) is 0.535. The van der Waals surface area contributed by atoms with Crippen LogP contribution in [0.15, 0.2) is 12.1 Å². The molecule has 7 rings (SSSR count). The highest BCUT2D eigenvalue weighted by Crippen LogP contribution is 2.61. The largest absolute Gasteiger partial charge is 0.0578 e. The van der Waals surface area contributed by atoms with Crippen LogP contribution < -0.4 is 0 Å². The number of rotatable bonds is 3. The second-order valence-corrected chi connectivity index (χ2v) is 11.6. The van der Waals surface area contributed by atoms with E-state index in [0.29, 0.717) is 0 Å². The first-order valence-electron chi connectivity index (χ1n) is 12.4. The molecule has 6 bridgehead atoms. The Morgan fingerprint density at radius 1 is 0.593 bits per heavy atom. The topological polar surface area (TPSA) is 0 Å². The van der Waals surface area contributed by atoms with Gasteiger partial charge in [0.05, 0.1) is 0 Å². The lowest BCUT2D eigenvalue weighted by Crippen LogP contribution is -2.20. The first-order chi connectivity index (χ1) is 13.3. The second kappa shape index (κ2) is 5.87. The van der Waals surface area contributed by atoms with E-state index in [9.17, 15) is 0 Å². The van der Waals surface area contributed by atoms with Gasteiger partial charge in [0.1, 0.15) is 0 Å². The van der Waals surface area contributed by atoms with Crippen LogP contribution in [-0.4, -0.2) is 0 Å². The van der Waals surface area contributed by atoms with Crippen molar-refractivity contribution in [3.8, 4) is 0 Å². The van der Waals surface area contributed by atoms with Crippen LogP contribution in [0.4, 0.5) is 0 Å². The molecular formula is C27H35. The van der Waals surface area contributed by atoms with Crippen LogP contribution in [0.2, 0.25) is 0 Å². The summed E-state index contributed by atoms with van der Waals surface area (Å²) in [4.78, 5) is 0. The van der Waals surface area contributed by atoms with Gasteiger partial charge in [0.15, 0.2) is 0 Å². The Bertz CT molecular complexity index is 700. The zero-order chi connectivity index (χ0) is 17.5. The smallest absolute Gasteiger partial charge is 0.0122 e. The third kappa shape index (κ3) is 2.34. The Morgan fingerprint density at radius 3 is 1.67 bits per heavy atom. The lowest BCUT2D eigenvalue weighted by Gasteiger charge is -2.34. The van der Waals surface area contributed by atoms with Gasteiger partial charge in [-0.15, -0.1) is 0 Å². The van der Waals surface area contributed by atoms with Crippen molar-refractivity contribution < 1.29 is 0 Å². The van der Waals surface area contributed by atoms with Crippen molar-refractivity contribution in [2.75, 3.05) is 0 Å². The van der Waals surface area contributed by atoms with Crippen LogP contribution in [0.3, 0.4) is 0 Å². The summed E-state index contributed by atoms with van der Waals surface area (Å²) in [5, 5.41) is 0. The summed E-state index contributed by atoms with van der Waals surface area (Å²) in [6, 6.07) is 8.83. The number of benzene rings is 1. The van der Waals surface area contributed by atoms with Gasteiger partial charge in [-0.1, -0.05) is 31.4 Å². The molecule has 1 aromatic carbocycles. The second-order valence-electron chi connectivity index (χ2n) is 11.6. The van der Waals surface area contributed by atoms with Gasteiger partial charge in [-0.2, -0.15) is 0 Å². The zero-order valence-electron chi connectivity index (χ0n) is 16.8. The summed E-state index contributed by atoms with van der Waals surface area (Å²) in [5.74, 6) is 8.88. The molecule has 9 atom stereocenters. The van der Waals surface area contributed by atoms with E-state index in [1.54, 1.807) is 18.4 Å². The molecule has 0 spiro atoms. The van der Waals surface area contributed by atoms with Crippen LogP contribution in [0.5, 0.6) is 0 Å². The van der Waals surface area contributed by atoms with E-state index < -0.39 is 0 Å². The molecule has 0 nitrogen and oxygen atoms in total. The molecule has 1 radical (unpaired) electrons. The van der Waals surface area contributed by atoms with E-state index >= 15 is 0 Å². The average Bonchev–Trinajstić information content (AvgIpc) is 3.52. The molecule has 6 saturated carbocycles. The van der Waals surface area contributed by atoms with E-state index in [1.165, 1.54) is 64.2 Å². The Hall–Kier alpha value is -0.780. The zero-order valence-corrected chi connectivity index (χ0v) is 16.8. The fourth-order valence-corrected chi connectivity index (χ4v) is 9.41. The molecule has 0 aliphatic heterocycles. The molecule has 0 heteroatoms. The van der Waals surface area contributed by atoms with Gasteiger partial charge in [0.25, 0.3) is 0 Å². The lowest BCUT2D eigenvalue weighted by molar-refractivity contribution is 0.380. The summed E-state index contributed by atoms with van der Waals surface area (Å²) in [7, 11) is 0. The summed E-state index contributed by atoms with van der Waals surface area (Å²) in [6.45, 7) is 0. The molecule has 0 saturated heterocycles. The Labute approximate surface area is 165 Å². The van der Waals surface area contributed by atoms with Crippen LogP contribution in [0.1, 0.15) is 111 Å². The highest BCUT2D eigenvalue weighted by Gasteiger charge is 2.48. The monoisotopic (exact) mass is 359 g/mol. The molecule has 143 valence electrons. The van der Waals surface area contributed by atoms with Gasteiger partial charge in [0.2, 0.25) is 0 Å². The third-order valence-electron chi connectivity index (χ3n) is 10.5. The summed E-state index contributed by atoms with van der Waals surface area (Å²) in [6.07, 6.45) is 18.3. The molecule has 0 N–H and O–H groups in total. The van der Waals surface area contributed by atoms with Gasteiger partial charge < -0.3 is 0 Å². The molecule has 0 amide bonds. The predicted molar refractivity (Wildman–Crippen MR) is 110 cm³/mol. The van der Waals surface area contributed by atoms with Crippen molar-refractivity contribution in [2.24, 2.45) is 35.5 Å². The van der Waals surface area contributed by atoms with Crippen LogP contribution in [0.25, 0.3) is 0 Å². The van der Waals surface area contributed by atoms with Crippen molar-refractivity contribution in [1.29, 1.82) is 0 Å². The molecule has 27 heavy (non-hydrogen) atoms. The highest BCUT2D eigenvalue weighted by atomic mass is 14.5. The summed E-state index contributed by atoms with van der Waals surface area (Å²) < 4.78 is 0. The van der Waals surface area contributed by atoms with Crippen molar-refractivity contribution in [2.45, 2.75) is 94.8 Å². The van der Waals surface area contributed by atoms with E-state index in [1.807, 2.05) is 11.1 Å². The Morgan fingerprint density at radius 2 is 1.15 bits per heavy atom. The molecule has 9 unspecified atom stereocenters. The van der Waals surface area contributed by atoms with E-state index in [0.717, 1.165) is 53.3 Å². The minimum absolute atomic E-state index is 0.872. The van der Waals surface area contributed by atoms with Gasteiger partial charge in [-0.3, -0.25) is 0 Å². The maximum Gasteiger partial charge on any atom is -0.0122 e. The minimum atomic E-state index is 0.872. The number of hydrogen-bond donors (Lipinski definition) is 0. The number of fused-ring (bicyclic) bond motifs is 6. The Kier molecular flexibility index (Phi) is 3.49. The first-order valence-corrected chi connectivity index (χ1v) is 12.4. The van der Waals surface area contributed by atoms with E-state index in [-0.39, 0.29) is 0 Å². The molecule has 6 aliphatic rings. The maximum absolute atomic E-state index is 3.91. The van der Waals surface area contributed by atoms with Crippen molar-refractivity contribution in [1.82, 2.24) is 0 Å². The molecular weight excluding hydrogens is 324 g/mol. The Balaban J connectivity index is 1.34. The van der Waals surface area contributed by atoms with Gasteiger partial charge in [-0.05, 0) is 134 Å². The van der Waals surface area contributed by atoms with Crippen LogP contribution >= 0.6 is 0 Å². The minimum Gasteiger partial charge on any atom is -0.0578 e. The van der Waals surface area contributed by atoms with Crippen LogP contribution in [0, 0.1) is 41.6 Å². The third-order valence-corrected chi connectivity index (χ3v) is 10.5. The molecule has 1 aromatic rings. The normalized spacial score (nSPS) is 49.6. The van der Waals surface area contributed by atoms with Crippen molar-refractivity contribution in [3.63, 3.8) is 0 Å². The van der Waals surface area contributed by atoms with Crippen LogP contribution in [-0.2, 0) is 0 Å². The van der Waals surface area contributed by atoms with Crippen molar-refractivity contribution in [3.05, 3.63) is 34.9 Å². The molecule has 0 aromatic heterocycles. The van der Waals surface area contributed by atoms with E-state index in [2.05, 4.69) is 18.2 Å². The predicted octanol–water partition coefficient (Wildman–Crippen LogP) is 7.20.